The number of amides is 1. The third-order valence-corrected chi connectivity index (χ3v) is 4.35. The number of hydrogen-bond donors (Lipinski definition) is 0. The summed E-state index contributed by atoms with van der Waals surface area (Å²) in [5.41, 5.74) is 1.31. The van der Waals surface area contributed by atoms with Crippen molar-refractivity contribution in [1.29, 1.82) is 0 Å². The van der Waals surface area contributed by atoms with Gasteiger partial charge in [-0.15, -0.1) is 0 Å². The zero-order valence-corrected chi connectivity index (χ0v) is 11.3. The normalized spacial score (nSPS) is 27.2. The second-order valence-corrected chi connectivity index (χ2v) is 5.95. The van der Waals surface area contributed by atoms with E-state index >= 15 is 0 Å². The lowest BCUT2D eigenvalue weighted by molar-refractivity contribution is -0.131. The van der Waals surface area contributed by atoms with Crippen molar-refractivity contribution in [2.75, 3.05) is 13.1 Å². The maximum Gasteiger partial charge on any atom is 0.226 e. The Morgan fingerprint density at radius 3 is 2.47 bits per heavy atom. The zero-order valence-electron chi connectivity index (χ0n) is 9.73. The Morgan fingerprint density at radius 2 is 1.82 bits per heavy atom. The third-order valence-electron chi connectivity index (χ3n) is 3.82. The first kappa shape index (κ1) is 11.3. The minimum atomic E-state index is 0.259. The van der Waals surface area contributed by atoms with Crippen molar-refractivity contribution in [2.24, 2.45) is 5.92 Å². The summed E-state index contributed by atoms with van der Waals surface area (Å²) in [6.45, 7) is 1.95. The van der Waals surface area contributed by atoms with E-state index in [-0.39, 0.29) is 5.92 Å². The van der Waals surface area contributed by atoms with Crippen LogP contribution in [0.25, 0.3) is 0 Å². The molecule has 1 amide bonds. The van der Waals surface area contributed by atoms with Gasteiger partial charge in [-0.3, -0.25) is 4.79 Å². The largest absolute Gasteiger partial charge is 0.342 e. The van der Waals surface area contributed by atoms with Crippen LogP contribution < -0.4 is 0 Å². The summed E-state index contributed by atoms with van der Waals surface area (Å²) in [4.78, 5) is 14.2. The summed E-state index contributed by atoms with van der Waals surface area (Å²) in [7, 11) is 0. The molecule has 3 heteroatoms. The van der Waals surface area contributed by atoms with E-state index in [4.69, 9.17) is 0 Å². The summed E-state index contributed by atoms with van der Waals surface area (Å²) in [6, 6.07) is 8.38. The van der Waals surface area contributed by atoms with Gasteiger partial charge in [-0.2, -0.15) is 0 Å². The smallest absolute Gasteiger partial charge is 0.226 e. The van der Waals surface area contributed by atoms with E-state index < -0.39 is 0 Å². The molecule has 0 radical (unpaired) electrons. The Hall–Kier alpha value is -0.830. The van der Waals surface area contributed by atoms with Crippen LogP contribution in [0.3, 0.4) is 0 Å². The highest BCUT2D eigenvalue weighted by Crippen LogP contribution is 2.48. The standard InChI is InChI=1S/C14H16BrNO/c15-11-5-3-10(4-6-11)12-9-13(12)14(17)16-7-1-2-8-16/h3-6,12-13H,1-2,7-9H2. The van der Waals surface area contributed by atoms with E-state index in [0.29, 0.717) is 11.8 Å². The molecule has 0 bridgehead atoms. The highest BCUT2D eigenvalue weighted by molar-refractivity contribution is 9.10. The molecular weight excluding hydrogens is 278 g/mol. The fraction of sp³-hybridized carbons (Fsp3) is 0.500. The molecule has 0 N–H and O–H groups in total. The molecule has 2 nitrogen and oxygen atoms in total. The van der Waals surface area contributed by atoms with Crippen LogP contribution in [-0.2, 0) is 4.79 Å². The Bertz CT molecular complexity index is 422. The molecule has 1 saturated heterocycles. The molecule has 90 valence electrons. The van der Waals surface area contributed by atoms with Crippen molar-refractivity contribution in [3.63, 3.8) is 0 Å². The van der Waals surface area contributed by atoms with Crippen molar-refractivity contribution in [1.82, 2.24) is 4.90 Å². The van der Waals surface area contributed by atoms with Gasteiger partial charge in [0.2, 0.25) is 5.91 Å². The van der Waals surface area contributed by atoms with E-state index in [9.17, 15) is 4.79 Å². The predicted molar refractivity (Wildman–Crippen MR) is 70.8 cm³/mol. The summed E-state index contributed by atoms with van der Waals surface area (Å²) in [6.07, 6.45) is 3.40. The predicted octanol–water partition coefficient (Wildman–Crippen LogP) is 3.18. The first-order chi connectivity index (χ1) is 8.25. The highest BCUT2D eigenvalue weighted by Gasteiger charge is 2.45. The molecule has 1 aliphatic carbocycles. The number of carbonyl (C=O) groups excluding carboxylic acids is 1. The maximum atomic E-state index is 12.2. The van der Waals surface area contributed by atoms with Crippen LogP contribution in [0.15, 0.2) is 28.7 Å². The fourth-order valence-electron chi connectivity index (χ4n) is 2.72. The van der Waals surface area contributed by atoms with Gasteiger partial charge in [-0.25, -0.2) is 0 Å². The third kappa shape index (κ3) is 2.25. The quantitative estimate of drug-likeness (QED) is 0.820. The van der Waals surface area contributed by atoms with Gasteiger partial charge in [-0.1, -0.05) is 28.1 Å². The molecule has 0 spiro atoms. The van der Waals surface area contributed by atoms with Crippen LogP contribution in [0.2, 0.25) is 0 Å². The SMILES string of the molecule is O=C(C1CC1c1ccc(Br)cc1)N1CCCC1. The molecule has 0 aromatic heterocycles. The lowest BCUT2D eigenvalue weighted by Crippen LogP contribution is -2.29. The van der Waals surface area contributed by atoms with Crippen LogP contribution in [0.4, 0.5) is 0 Å². The van der Waals surface area contributed by atoms with Crippen LogP contribution in [0.1, 0.15) is 30.7 Å². The second-order valence-electron chi connectivity index (χ2n) is 5.03. The van der Waals surface area contributed by atoms with E-state index in [1.165, 1.54) is 18.4 Å². The Morgan fingerprint density at radius 1 is 1.18 bits per heavy atom. The van der Waals surface area contributed by atoms with Gasteiger partial charge in [0, 0.05) is 23.5 Å². The maximum absolute atomic E-state index is 12.2. The van der Waals surface area contributed by atoms with Gasteiger partial charge in [0.1, 0.15) is 0 Å². The van der Waals surface area contributed by atoms with Crippen LogP contribution in [0.5, 0.6) is 0 Å². The van der Waals surface area contributed by atoms with Gasteiger partial charge in [-0.05, 0) is 42.9 Å². The number of nitrogens with zero attached hydrogens (tertiary/aromatic N) is 1. The lowest BCUT2D eigenvalue weighted by Gasteiger charge is -2.14. The second kappa shape index (κ2) is 4.45. The number of benzene rings is 1. The molecule has 1 saturated carbocycles. The molecule has 1 aliphatic heterocycles. The van der Waals surface area contributed by atoms with Crippen LogP contribution in [0, 0.1) is 5.92 Å². The van der Waals surface area contributed by atoms with Gasteiger partial charge < -0.3 is 4.90 Å². The molecule has 2 unspecified atom stereocenters. The molecule has 1 aromatic rings. The molecule has 2 fully saturated rings. The van der Waals surface area contributed by atoms with Crippen molar-refractivity contribution in [2.45, 2.75) is 25.2 Å². The minimum absolute atomic E-state index is 0.259. The van der Waals surface area contributed by atoms with Gasteiger partial charge >= 0.3 is 0 Å². The fourth-order valence-corrected chi connectivity index (χ4v) is 2.98. The number of carbonyl (C=O) groups is 1. The van der Waals surface area contributed by atoms with Crippen molar-refractivity contribution in [3.05, 3.63) is 34.3 Å². The molecule has 2 aliphatic rings. The Kier molecular flexibility index (Phi) is 2.95. The Balaban J connectivity index is 1.65. The van der Waals surface area contributed by atoms with Crippen LogP contribution >= 0.6 is 15.9 Å². The summed E-state index contributed by atoms with van der Waals surface area (Å²) in [5, 5.41) is 0. The molecule has 1 aromatic carbocycles. The average Bonchev–Trinajstić information content (AvgIpc) is 2.94. The average molecular weight is 294 g/mol. The van der Waals surface area contributed by atoms with E-state index in [2.05, 4.69) is 40.2 Å². The van der Waals surface area contributed by atoms with Gasteiger partial charge in [0.25, 0.3) is 0 Å². The Labute approximate surface area is 110 Å². The lowest BCUT2D eigenvalue weighted by atomic mass is 10.1. The first-order valence-electron chi connectivity index (χ1n) is 6.30. The van der Waals surface area contributed by atoms with Gasteiger partial charge in [0.15, 0.2) is 0 Å². The van der Waals surface area contributed by atoms with Crippen molar-refractivity contribution in [3.8, 4) is 0 Å². The summed E-state index contributed by atoms with van der Waals surface area (Å²) in [5.74, 6) is 1.11. The molecular formula is C14H16BrNO. The number of hydrogen-bond acceptors (Lipinski definition) is 1. The minimum Gasteiger partial charge on any atom is -0.342 e. The van der Waals surface area contributed by atoms with E-state index in [1.54, 1.807) is 0 Å². The monoisotopic (exact) mass is 293 g/mol. The molecule has 17 heavy (non-hydrogen) atoms. The highest BCUT2D eigenvalue weighted by atomic mass is 79.9. The first-order valence-corrected chi connectivity index (χ1v) is 7.09. The topological polar surface area (TPSA) is 20.3 Å². The summed E-state index contributed by atoms with van der Waals surface area (Å²) < 4.78 is 1.10. The molecule has 1 heterocycles. The number of halogens is 1. The van der Waals surface area contributed by atoms with Gasteiger partial charge in [0.05, 0.1) is 0 Å². The van der Waals surface area contributed by atoms with E-state index in [0.717, 1.165) is 24.0 Å². The zero-order chi connectivity index (χ0) is 11.8. The summed E-state index contributed by atoms with van der Waals surface area (Å²) >= 11 is 3.44. The molecule has 3 rings (SSSR count). The number of likely N-dealkylation sites (tertiary alicyclic amines) is 1. The van der Waals surface area contributed by atoms with Crippen molar-refractivity contribution >= 4 is 21.8 Å². The van der Waals surface area contributed by atoms with Crippen LogP contribution in [-0.4, -0.2) is 23.9 Å². The van der Waals surface area contributed by atoms with E-state index in [1.807, 2.05) is 4.90 Å². The van der Waals surface area contributed by atoms with Crippen molar-refractivity contribution < 1.29 is 4.79 Å². The molecule has 2 atom stereocenters. The number of rotatable bonds is 2.